The zero-order valence-corrected chi connectivity index (χ0v) is 13.2. The van der Waals surface area contributed by atoms with Crippen molar-refractivity contribution < 1.29 is 19.1 Å². The molecule has 1 saturated heterocycles. The van der Waals surface area contributed by atoms with Gasteiger partial charge in [0, 0.05) is 17.9 Å². The van der Waals surface area contributed by atoms with Crippen molar-refractivity contribution >= 4 is 11.9 Å². The van der Waals surface area contributed by atoms with Crippen molar-refractivity contribution in [2.75, 3.05) is 7.05 Å². The maximum absolute atomic E-state index is 12.7. The van der Waals surface area contributed by atoms with Crippen molar-refractivity contribution in [3.63, 3.8) is 0 Å². The van der Waals surface area contributed by atoms with Gasteiger partial charge in [0.25, 0.3) is 0 Å². The lowest BCUT2D eigenvalue weighted by atomic mass is 9.80. The van der Waals surface area contributed by atoms with Gasteiger partial charge in [-0.3, -0.25) is 9.59 Å². The maximum atomic E-state index is 12.7. The highest BCUT2D eigenvalue weighted by Gasteiger charge is 2.63. The van der Waals surface area contributed by atoms with Gasteiger partial charge in [-0.2, -0.15) is 0 Å². The van der Waals surface area contributed by atoms with Gasteiger partial charge in [0.05, 0.1) is 11.3 Å². The van der Waals surface area contributed by atoms with Crippen LogP contribution >= 0.6 is 0 Å². The van der Waals surface area contributed by atoms with Crippen molar-refractivity contribution in [1.82, 2.24) is 5.32 Å². The molecule has 7 atom stereocenters. The molecule has 3 aliphatic rings. The Balaban J connectivity index is 1.73. The first kappa shape index (κ1) is 14.8. The second-order valence-corrected chi connectivity index (χ2v) is 7.05. The molecule has 0 aromatic rings. The fourth-order valence-electron chi connectivity index (χ4n) is 4.27. The summed E-state index contributed by atoms with van der Waals surface area (Å²) in [5.74, 6) is 0.363. The summed E-state index contributed by atoms with van der Waals surface area (Å²) < 4.78 is 11.3. The van der Waals surface area contributed by atoms with Gasteiger partial charge in [-0.1, -0.05) is 6.92 Å². The van der Waals surface area contributed by atoms with Crippen molar-refractivity contribution in [1.29, 1.82) is 0 Å². The standard InChI is InChI=1S/C16H25NO4/c1-5-16(3,8(2)17-4)15(19)21-12-9-6-10-11(7-9)14(18)20-13(10)12/h8-13,17H,5-7H2,1-4H3. The predicted octanol–water partition coefficient (Wildman–Crippen LogP) is 1.50. The van der Waals surface area contributed by atoms with Crippen LogP contribution < -0.4 is 5.32 Å². The molecular formula is C16H25NO4. The highest BCUT2D eigenvalue weighted by atomic mass is 16.6. The molecule has 0 aromatic carbocycles. The monoisotopic (exact) mass is 295 g/mol. The first-order valence-electron chi connectivity index (χ1n) is 8.01. The van der Waals surface area contributed by atoms with Crippen LogP contribution in [0.3, 0.4) is 0 Å². The molecule has 1 heterocycles. The quantitative estimate of drug-likeness (QED) is 0.779. The molecule has 0 spiro atoms. The molecule has 2 saturated carbocycles. The average Bonchev–Trinajstić information content (AvgIpc) is 3.10. The van der Waals surface area contributed by atoms with E-state index in [2.05, 4.69) is 5.32 Å². The van der Waals surface area contributed by atoms with Crippen LogP contribution in [0.1, 0.15) is 40.0 Å². The molecule has 5 heteroatoms. The van der Waals surface area contributed by atoms with Crippen LogP contribution in [0.15, 0.2) is 0 Å². The normalized spacial score (nSPS) is 40.8. The minimum atomic E-state index is -0.557. The SMILES string of the molecule is CCC(C)(C(=O)OC1C2CC3C(=O)OC1C3C2)C(C)NC. The summed E-state index contributed by atoms with van der Waals surface area (Å²) in [5, 5.41) is 3.15. The lowest BCUT2D eigenvalue weighted by Gasteiger charge is -2.35. The largest absolute Gasteiger partial charge is 0.458 e. The Morgan fingerprint density at radius 3 is 2.86 bits per heavy atom. The van der Waals surface area contributed by atoms with Crippen LogP contribution in [0.5, 0.6) is 0 Å². The number of nitrogens with one attached hydrogen (secondary N) is 1. The van der Waals surface area contributed by atoms with Crippen LogP contribution in [-0.4, -0.2) is 37.2 Å². The second-order valence-electron chi connectivity index (χ2n) is 7.05. The molecule has 2 aliphatic carbocycles. The van der Waals surface area contributed by atoms with Crippen LogP contribution in [0.2, 0.25) is 0 Å². The molecular weight excluding hydrogens is 270 g/mol. The van der Waals surface area contributed by atoms with E-state index in [4.69, 9.17) is 9.47 Å². The van der Waals surface area contributed by atoms with E-state index >= 15 is 0 Å². The minimum absolute atomic E-state index is 0.0347. The summed E-state index contributed by atoms with van der Waals surface area (Å²) in [6.45, 7) is 5.94. The number of esters is 2. The molecule has 1 N–H and O–H groups in total. The Hall–Kier alpha value is -1.10. The molecule has 3 rings (SSSR count). The summed E-state index contributed by atoms with van der Waals surface area (Å²) >= 11 is 0. The second kappa shape index (κ2) is 4.97. The van der Waals surface area contributed by atoms with Gasteiger partial charge in [0.1, 0.15) is 12.2 Å². The van der Waals surface area contributed by atoms with E-state index in [1.165, 1.54) is 0 Å². The van der Waals surface area contributed by atoms with Gasteiger partial charge in [-0.05, 0) is 40.2 Å². The third-order valence-electron chi connectivity index (χ3n) is 6.25. The van der Waals surface area contributed by atoms with Gasteiger partial charge >= 0.3 is 11.9 Å². The highest BCUT2D eigenvalue weighted by Crippen LogP contribution is 2.55. The molecule has 0 amide bonds. The molecule has 5 nitrogen and oxygen atoms in total. The van der Waals surface area contributed by atoms with E-state index in [1.54, 1.807) is 0 Å². The van der Waals surface area contributed by atoms with Crippen molar-refractivity contribution in [3.05, 3.63) is 0 Å². The zero-order valence-electron chi connectivity index (χ0n) is 13.2. The fraction of sp³-hybridized carbons (Fsp3) is 0.875. The maximum Gasteiger partial charge on any atom is 0.313 e. The lowest BCUT2D eigenvalue weighted by molar-refractivity contribution is -0.172. The third-order valence-corrected chi connectivity index (χ3v) is 6.25. The lowest BCUT2D eigenvalue weighted by Crippen LogP contribution is -2.48. The molecule has 3 fully saturated rings. The Labute approximate surface area is 125 Å². The van der Waals surface area contributed by atoms with Crippen molar-refractivity contribution in [2.24, 2.45) is 23.2 Å². The number of carbonyl (C=O) groups is 2. The molecule has 1 aliphatic heterocycles. The van der Waals surface area contributed by atoms with E-state index in [-0.39, 0.29) is 42.0 Å². The first-order valence-corrected chi connectivity index (χ1v) is 8.01. The van der Waals surface area contributed by atoms with Gasteiger partial charge in [-0.15, -0.1) is 0 Å². The number of hydrogen-bond acceptors (Lipinski definition) is 5. The third kappa shape index (κ3) is 2.00. The van der Waals surface area contributed by atoms with Gasteiger partial charge in [0.15, 0.2) is 0 Å². The van der Waals surface area contributed by atoms with Crippen LogP contribution in [0, 0.1) is 23.2 Å². The molecule has 0 aromatic heterocycles. The number of fused-ring (bicyclic) bond motifs is 1. The van der Waals surface area contributed by atoms with E-state index in [9.17, 15) is 9.59 Å². The number of hydrogen-bond donors (Lipinski definition) is 1. The summed E-state index contributed by atoms with van der Waals surface area (Å²) in [5.41, 5.74) is -0.557. The molecule has 0 radical (unpaired) electrons. The van der Waals surface area contributed by atoms with E-state index in [0.717, 1.165) is 12.8 Å². The van der Waals surface area contributed by atoms with Gasteiger partial charge < -0.3 is 14.8 Å². The van der Waals surface area contributed by atoms with Gasteiger partial charge in [-0.25, -0.2) is 0 Å². The van der Waals surface area contributed by atoms with Crippen LogP contribution in [-0.2, 0) is 19.1 Å². The van der Waals surface area contributed by atoms with E-state index in [1.807, 2.05) is 27.8 Å². The molecule has 7 unspecified atom stereocenters. The Morgan fingerprint density at radius 1 is 1.52 bits per heavy atom. The highest BCUT2D eigenvalue weighted by molar-refractivity contribution is 5.79. The van der Waals surface area contributed by atoms with E-state index in [0.29, 0.717) is 12.3 Å². The van der Waals surface area contributed by atoms with Crippen molar-refractivity contribution in [3.8, 4) is 0 Å². The summed E-state index contributed by atoms with van der Waals surface area (Å²) in [6, 6.07) is 0.0347. The Kier molecular flexibility index (Phi) is 3.51. The summed E-state index contributed by atoms with van der Waals surface area (Å²) in [4.78, 5) is 24.4. The van der Waals surface area contributed by atoms with Crippen LogP contribution in [0.4, 0.5) is 0 Å². The van der Waals surface area contributed by atoms with Crippen molar-refractivity contribution in [2.45, 2.75) is 58.3 Å². The number of rotatable bonds is 5. The summed E-state index contributed by atoms with van der Waals surface area (Å²) in [6.07, 6.45) is 2.06. The first-order chi connectivity index (χ1) is 9.92. The molecule has 2 bridgehead atoms. The van der Waals surface area contributed by atoms with Crippen LogP contribution in [0.25, 0.3) is 0 Å². The predicted molar refractivity (Wildman–Crippen MR) is 76.4 cm³/mol. The zero-order chi connectivity index (χ0) is 15.4. The topological polar surface area (TPSA) is 64.6 Å². The smallest absolute Gasteiger partial charge is 0.313 e. The minimum Gasteiger partial charge on any atom is -0.458 e. The van der Waals surface area contributed by atoms with Gasteiger partial charge in [0.2, 0.25) is 0 Å². The van der Waals surface area contributed by atoms with E-state index < -0.39 is 5.41 Å². The molecule has 21 heavy (non-hydrogen) atoms. The fourth-order valence-corrected chi connectivity index (χ4v) is 4.27. The summed E-state index contributed by atoms with van der Waals surface area (Å²) in [7, 11) is 1.85. The Morgan fingerprint density at radius 2 is 2.24 bits per heavy atom. The molecule has 118 valence electrons. The number of ether oxygens (including phenoxy) is 2. The number of carbonyl (C=O) groups excluding carboxylic acids is 2. The average molecular weight is 295 g/mol. The Bertz CT molecular complexity index is 465.